The van der Waals surface area contributed by atoms with Crippen molar-refractivity contribution in [3.8, 4) is 0 Å². The van der Waals surface area contributed by atoms with Crippen LogP contribution >= 0.6 is 0 Å². The number of hydrogen-bond donors (Lipinski definition) is 2. The van der Waals surface area contributed by atoms with Crippen LogP contribution in [0.3, 0.4) is 0 Å². The third-order valence-electron chi connectivity index (χ3n) is 5.30. The summed E-state index contributed by atoms with van der Waals surface area (Å²) in [7, 11) is 3.82. The summed E-state index contributed by atoms with van der Waals surface area (Å²) in [4.78, 5) is 65.8. The van der Waals surface area contributed by atoms with Crippen molar-refractivity contribution in [2.45, 2.75) is 34.6 Å². The summed E-state index contributed by atoms with van der Waals surface area (Å²) in [5, 5.41) is 5.04. The Bertz CT molecular complexity index is 1460. The molecule has 0 saturated carbocycles. The lowest BCUT2D eigenvalue weighted by Crippen LogP contribution is -1.99. The van der Waals surface area contributed by atoms with Crippen LogP contribution in [0.5, 0.6) is 0 Å². The van der Waals surface area contributed by atoms with Crippen LogP contribution in [0.4, 0.5) is 27.5 Å². The highest BCUT2D eigenvalue weighted by molar-refractivity contribution is 5.79. The molecule has 0 unspecified atom stereocenters. The van der Waals surface area contributed by atoms with Gasteiger partial charge in [-0.2, -0.15) is 9.98 Å². The molecule has 0 aliphatic heterocycles. The van der Waals surface area contributed by atoms with Crippen LogP contribution in [0.1, 0.15) is 29.2 Å². The average Bonchev–Trinajstić information content (AvgIpc) is 3.03. The van der Waals surface area contributed by atoms with Crippen LogP contribution < -0.4 is 10.6 Å². The Kier molecular flexibility index (Phi) is 23.6. The molecule has 0 heterocycles. The number of amides is 2. The van der Waals surface area contributed by atoms with Gasteiger partial charge < -0.3 is 24.8 Å². The molecule has 0 spiro atoms. The number of nitrogens with one attached hydrogen (secondary N) is 2. The molecule has 3 aromatic rings. The fraction of sp³-hybridized carbons (Fsp3) is 0.250. The van der Waals surface area contributed by atoms with E-state index in [0.717, 1.165) is 11.1 Å². The lowest BCUT2D eigenvalue weighted by Gasteiger charge is -2.05. The number of aliphatic imine (C=N–C) groups is 2. The zero-order valence-electron chi connectivity index (χ0n) is 26.5. The maximum Gasteiger partial charge on any atom is 0.507 e. The summed E-state index contributed by atoms with van der Waals surface area (Å²) in [6.45, 7) is 10.4. The van der Waals surface area contributed by atoms with Gasteiger partial charge in [0.05, 0.1) is 32.7 Å². The molecule has 0 aliphatic carbocycles. The average molecular weight is 626 g/mol. The highest BCUT2D eigenvalue weighted by Crippen LogP contribution is 2.24. The van der Waals surface area contributed by atoms with E-state index in [-0.39, 0.29) is 1.43 Å². The third-order valence-corrected chi connectivity index (χ3v) is 5.30. The Morgan fingerprint density at radius 1 is 0.711 bits per heavy atom. The predicted molar refractivity (Wildman–Crippen MR) is 173 cm³/mol. The molecular formula is C32H40N4O9. The number of anilines is 2. The molecule has 0 atom stereocenters. The molecule has 0 aromatic heterocycles. The van der Waals surface area contributed by atoms with Gasteiger partial charge >= 0.3 is 6.16 Å². The van der Waals surface area contributed by atoms with Gasteiger partial charge in [0.2, 0.25) is 25.0 Å². The summed E-state index contributed by atoms with van der Waals surface area (Å²) < 4.78 is 11.9. The van der Waals surface area contributed by atoms with Crippen molar-refractivity contribution in [1.29, 1.82) is 0 Å². The van der Waals surface area contributed by atoms with Gasteiger partial charge in [0.25, 0.3) is 6.47 Å². The molecule has 3 aromatic carbocycles. The van der Waals surface area contributed by atoms with E-state index in [0.29, 0.717) is 42.0 Å². The molecule has 0 bridgehead atoms. The van der Waals surface area contributed by atoms with Gasteiger partial charge in [-0.05, 0) is 81.1 Å². The zero-order chi connectivity index (χ0) is 34.6. The first-order valence-corrected chi connectivity index (χ1v) is 12.9. The van der Waals surface area contributed by atoms with Gasteiger partial charge in [0.1, 0.15) is 0 Å². The Morgan fingerprint density at radius 2 is 1.27 bits per heavy atom. The van der Waals surface area contributed by atoms with Crippen LogP contribution in [0.2, 0.25) is 0 Å². The number of isocyanates is 2. The molecule has 13 heteroatoms. The van der Waals surface area contributed by atoms with Crippen molar-refractivity contribution in [1.82, 2.24) is 0 Å². The van der Waals surface area contributed by atoms with Gasteiger partial charge in [-0.25, -0.2) is 14.4 Å². The molecule has 0 saturated heterocycles. The van der Waals surface area contributed by atoms with Crippen molar-refractivity contribution < 1.29 is 44.4 Å². The van der Waals surface area contributed by atoms with Crippen molar-refractivity contribution >= 4 is 60.4 Å². The Balaban J connectivity index is -0.000000528. The van der Waals surface area contributed by atoms with Crippen LogP contribution in [0, 0.1) is 34.6 Å². The minimum atomic E-state index is -0.657. The van der Waals surface area contributed by atoms with Crippen LogP contribution in [-0.2, 0) is 38.2 Å². The smallest absolute Gasteiger partial charge is 0.471 e. The summed E-state index contributed by atoms with van der Waals surface area (Å²) in [5.74, 6) is 0. The number of rotatable bonds is 7. The van der Waals surface area contributed by atoms with E-state index in [1.807, 2.05) is 13.0 Å². The highest BCUT2D eigenvalue weighted by atomic mass is 16.7. The first-order chi connectivity index (χ1) is 21.5. The van der Waals surface area contributed by atoms with Crippen molar-refractivity contribution in [3.63, 3.8) is 0 Å². The fourth-order valence-electron chi connectivity index (χ4n) is 2.86. The lowest BCUT2D eigenvalue weighted by atomic mass is 10.1. The maximum atomic E-state index is 10.2. The van der Waals surface area contributed by atoms with Gasteiger partial charge in [-0.1, -0.05) is 35.9 Å². The van der Waals surface area contributed by atoms with E-state index in [1.54, 1.807) is 31.2 Å². The number of methoxy groups -OCH3 is 3. The van der Waals surface area contributed by atoms with Crippen LogP contribution in [-0.4, -0.2) is 58.9 Å². The standard InChI is InChI=1S/C9H10N2O2.C9H6N2O2.C9H12.C3H6O3.C2H4O2.H2/c2*1-7-2-3-8(10-5-12)4-9(7)11-6-13;1-7-4-5-8(2)9(3)6-7;1-5-3(4)6-2;1-4-2-3;/h2-6H,1H3,(H,10,12)(H,11,13);2-4H,1H3;4-6H,1-3H3;1-2H3;2H,1H3;1H/i;;;;;1+1. The molecular weight excluding hydrogens is 584 g/mol. The predicted octanol–water partition coefficient (Wildman–Crippen LogP) is 6.11. The molecule has 13 nitrogen and oxygen atoms in total. The first-order valence-electron chi connectivity index (χ1n) is 12.9. The van der Waals surface area contributed by atoms with Gasteiger partial charge in [0, 0.05) is 12.8 Å². The van der Waals surface area contributed by atoms with E-state index < -0.39 is 6.16 Å². The van der Waals surface area contributed by atoms with Crippen LogP contribution in [0.15, 0.2) is 64.6 Å². The van der Waals surface area contributed by atoms with E-state index in [2.05, 4.69) is 73.8 Å². The molecule has 242 valence electrons. The Morgan fingerprint density at radius 3 is 1.71 bits per heavy atom. The second-order valence-corrected chi connectivity index (χ2v) is 8.51. The molecule has 2 N–H and O–H groups in total. The van der Waals surface area contributed by atoms with E-state index in [1.165, 1.54) is 56.2 Å². The molecule has 3 rings (SSSR count). The number of benzene rings is 3. The van der Waals surface area contributed by atoms with E-state index in [9.17, 15) is 24.0 Å². The highest BCUT2D eigenvalue weighted by Gasteiger charge is 1.99. The number of ether oxygens (including phenoxy) is 3. The number of carbonyl (C=O) groups is 4. The molecule has 45 heavy (non-hydrogen) atoms. The fourth-order valence-corrected chi connectivity index (χ4v) is 2.86. The molecule has 2 amide bonds. The Hall–Kier alpha value is -5.90. The minimum Gasteiger partial charge on any atom is -0.471 e. The van der Waals surface area contributed by atoms with Crippen LogP contribution in [0.25, 0.3) is 0 Å². The molecule has 0 radical (unpaired) electrons. The van der Waals surface area contributed by atoms with Gasteiger partial charge in [-0.15, -0.1) is 0 Å². The van der Waals surface area contributed by atoms with E-state index >= 15 is 0 Å². The summed E-state index contributed by atoms with van der Waals surface area (Å²) in [5.41, 5.74) is 8.12. The molecule has 0 aliphatic rings. The van der Waals surface area contributed by atoms with Crippen molar-refractivity contribution in [3.05, 3.63) is 82.4 Å². The molecule has 0 fully saturated rings. The normalized spacial score (nSPS) is 8.36. The summed E-state index contributed by atoms with van der Waals surface area (Å²) in [6.07, 6.45) is 3.38. The largest absolute Gasteiger partial charge is 0.507 e. The number of carbonyl (C=O) groups excluding carboxylic acids is 6. The maximum absolute atomic E-state index is 10.2. The first kappa shape index (κ1) is 41.2. The number of aryl methyl sites for hydroxylation is 5. The number of nitrogens with zero attached hydrogens (tertiary/aromatic N) is 2. The lowest BCUT2D eigenvalue weighted by molar-refractivity contribution is -0.126. The number of hydrogen-bond acceptors (Lipinski definition) is 11. The zero-order valence-corrected chi connectivity index (χ0v) is 26.5. The Labute approximate surface area is 263 Å². The van der Waals surface area contributed by atoms with Crippen molar-refractivity contribution in [2.24, 2.45) is 9.98 Å². The quantitative estimate of drug-likeness (QED) is 0.136. The summed E-state index contributed by atoms with van der Waals surface area (Å²) in [6, 6.07) is 16.7. The monoisotopic (exact) mass is 625 g/mol. The summed E-state index contributed by atoms with van der Waals surface area (Å²) >= 11 is 0. The van der Waals surface area contributed by atoms with Gasteiger partial charge in [-0.3, -0.25) is 14.4 Å². The second kappa shape index (κ2) is 25.8. The second-order valence-electron chi connectivity index (χ2n) is 8.51. The topological polar surface area (TPSA) is 179 Å². The van der Waals surface area contributed by atoms with E-state index in [4.69, 9.17) is 4.79 Å². The van der Waals surface area contributed by atoms with Crippen molar-refractivity contribution in [2.75, 3.05) is 32.0 Å². The SMILES string of the molecule is COC(=O)OC.COC=O.Cc1ccc(C)c(C)c1.Cc1ccc(N=C=O)cc1N=C=O.Cc1ccc(NC=O)cc1NC=O.[2HH]. The third kappa shape index (κ3) is 19.8. The van der Waals surface area contributed by atoms with Gasteiger partial charge in [0.15, 0.2) is 0 Å². The minimum absolute atomic E-state index is 0.